The van der Waals surface area contributed by atoms with E-state index in [-0.39, 0.29) is 75.2 Å². The third-order valence-corrected chi connectivity index (χ3v) is 8.93. The van der Waals surface area contributed by atoms with E-state index in [1.165, 1.54) is 4.90 Å². The van der Waals surface area contributed by atoms with Crippen LogP contribution in [0.2, 0.25) is 0 Å². The number of nitrogens with zero attached hydrogens (tertiary/aromatic N) is 1. The van der Waals surface area contributed by atoms with Crippen molar-refractivity contribution in [1.82, 2.24) is 26.2 Å². The van der Waals surface area contributed by atoms with E-state index in [9.17, 15) is 33.6 Å². The maximum atomic E-state index is 14.0. The summed E-state index contributed by atoms with van der Waals surface area (Å²) in [5.41, 5.74) is -0.704. The molecule has 0 radical (unpaired) electrons. The highest BCUT2D eigenvalue weighted by Gasteiger charge is 2.34. The maximum absolute atomic E-state index is 14.0. The van der Waals surface area contributed by atoms with E-state index in [2.05, 4.69) is 21.3 Å². The van der Waals surface area contributed by atoms with Gasteiger partial charge in [0.15, 0.2) is 5.78 Å². The fraction of sp³-hybridized carbons (Fsp3) is 0.821. The molecule has 0 spiro atoms. The van der Waals surface area contributed by atoms with Gasteiger partial charge >= 0.3 is 12.1 Å². The largest absolute Gasteiger partial charge is 0.465 e. The minimum Gasteiger partial charge on any atom is -0.465 e. The third-order valence-electron chi connectivity index (χ3n) is 8.93. The van der Waals surface area contributed by atoms with Crippen LogP contribution in [0.3, 0.4) is 0 Å². The normalized spacial score (nSPS) is 15.8. The van der Waals surface area contributed by atoms with Gasteiger partial charge in [-0.2, -0.15) is 0 Å². The topological polar surface area (TPSA) is 189 Å². The first kappa shape index (κ1) is 47.3. The standard InChI is InChI=1S/C39H69N5O9/c1-26(2)25-52-33(47)22-21-30(41-31(45)19-16-20-32(46)44(8)9)36(49)43-34(27(3)4)37(50)42-29(23-24-40-38(51)53-39(5,6)7)35(48)28-17-14-12-10-11-13-15-18-28/h26-30,34H,10-25H2,1-9H3,(H,40,51)(H,41,45)(H,42,50)(H,43,49)/t29-,30-,34-/m0/s1. The molecule has 14 nitrogen and oxygen atoms in total. The number of Topliss-reactive ketones (excluding diaryl/α,β-unsaturated/α-hetero) is 1. The molecule has 0 aromatic carbocycles. The number of alkyl carbamates (subject to hydrolysis) is 1. The summed E-state index contributed by atoms with van der Waals surface area (Å²) in [7, 11) is 3.25. The van der Waals surface area contributed by atoms with Crippen LogP contribution in [-0.2, 0) is 38.2 Å². The molecule has 14 heteroatoms. The Kier molecular flexibility index (Phi) is 21.9. The number of nitrogens with one attached hydrogen (secondary N) is 4. The molecule has 0 bridgehead atoms. The Morgan fingerprint density at radius 1 is 0.736 bits per heavy atom. The van der Waals surface area contributed by atoms with Crippen LogP contribution >= 0.6 is 0 Å². The highest BCUT2D eigenvalue weighted by molar-refractivity contribution is 5.95. The number of esters is 1. The lowest BCUT2D eigenvalue weighted by molar-refractivity contribution is -0.145. The van der Waals surface area contributed by atoms with Crippen LogP contribution in [0.5, 0.6) is 0 Å². The fourth-order valence-corrected chi connectivity index (χ4v) is 5.92. The highest BCUT2D eigenvalue weighted by atomic mass is 16.6. The molecule has 1 saturated carbocycles. The maximum Gasteiger partial charge on any atom is 0.407 e. The van der Waals surface area contributed by atoms with Gasteiger partial charge in [0.2, 0.25) is 23.6 Å². The molecule has 1 aliphatic rings. The summed E-state index contributed by atoms with van der Waals surface area (Å²) in [5, 5.41) is 11.0. The van der Waals surface area contributed by atoms with Gasteiger partial charge in [0.25, 0.3) is 0 Å². The van der Waals surface area contributed by atoms with Crippen molar-refractivity contribution in [2.24, 2.45) is 17.8 Å². The summed E-state index contributed by atoms with van der Waals surface area (Å²) < 4.78 is 10.6. The number of hydrogen-bond acceptors (Lipinski definition) is 9. The molecule has 304 valence electrons. The first-order chi connectivity index (χ1) is 24.8. The van der Waals surface area contributed by atoms with Gasteiger partial charge in [-0.25, -0.2) is 4.79 Å². The molecule has 0 aromatic heterocycles. The second-order valence-corrected chi connectivity index (χ2v) is 16.2. The van der Waals surface area contributed by atoms with Crippen molar-refractivity contribution < 1.29 is 43.0 Å². The van der Waals surface area contributed by atoms with E-state index >= 15 is 0 Å². The fourth-order valence-electron chi connectivity index (χ4n) is 5.92. The molecule has 3 atom stereocenters. The quantitative estimate of drug-likeness (QED) is 0.129. The van der Waals surface area contributed by atoms with E-state index in [0.717, 1.165) is 51.4 Å². The van der Waals surface area contributed by atoms with E-state index in [0.29, 0.717) is 0 Å². The predicted molar refractivity (Wildman–Crippen MR) is 202 cm³/mol. The molecule has 4 N–H and O–H groups in total. The molecule has 1 fully saturated rings. The van der Waals surface area contributed by atoms with Gasteiger partial charge in [0, 0.05) is 45.8 Å². The molecule has 5 amide bonds. The summed E-state index contributed by atoms with van der Waals surface area (Å²) in [5.74, 6) is -3.00. The van der Waals surface area contributed by atoms with E-state index in [1.807, 2.05) is 13.8 Å². The molecule has 0 aliphatic heterocycles. The monoisotopic (exact) mass is 752 g/mol. The zero-order valence-electron chi connectivity index (χ0n) is 33.9. The van der Waals surface area contributed by atoms with Crippen molar-refractivity contribution >= 4 is 41.5 Å². The Hall–Kier alpha value is -3.71. The predicted octanol–water partition coefficient (Wildman–Crippen LogP) is 4.57. The number of amides is 5. The molecule has 1 aliphatic carbocycles. The molecular weight excluding hydrogens is 682 g/mol. The minimum atomic E-state index is -1.16. The van der Waals surface area contributed by atoms with Crippen molar-refractivity contribution in [2.75, 3.05) is 27.2 Å². The Morgan fingerprint density at radius 2 is 1.34 bits per heavy atom. The number of rotatable bonds is 20. The van der Waals surface area contributed by atoms with Crippen molar-refractivity contribution in [2.45, 2.75) is 162 Å². The zero-order chi connectivity index (χ0) is 40.1. The first-order valence-corrected chi connectivity index (χ1v) is 19.6. The van der Waals surface area contributed by atoms with E-state index < -0.39 is 59.4 Å². The number of hydrogen-bond donors (Lipinski definition) is 4. The molecule has 0 unspecified atom stereocenters. The Bertz CT molecular complexity index is 1190. The van der Waals surface area contributed by atoms with Gasteiger partial charge < -0.3 is 35.6 Å². The molecular formula is C39H69N5O9. The van der Waals surface area contributed by atoms with Gasteiger partial charge in [0.05, 0.1) is 12.6 Å². The summed E-state index contributed by atoms with van der Waals surface area (Å²) >= 11 is 0. The van der Waals surface area contributed by atoms with Gasteiger partial charge in [0.1, 0.15) is 17.7 Å². The first-order valence-electron chi connectivity index (χ1n) is 19.6. The second-order valence-electron chi connectivity index (χ2n) is 16.2. The van der Waals surface area contributed by atoms with Gasteiger partial charge in [-0.1, -0.05) is 66.2 Å². The molecule has 1 rings (SSSR count). The van der Waals surface area contributed by atoms with Crippen LogP contribution in [0, 0.1) is 17.8 Å². The van der Waals surface area contributed by atoms with Crippen LogP contribution < -0.4 is 21.3 Å². The summed E-state index contributed by atoms with van der Waals surface area (Å²) in [6, 6.07) is -3.17. The Balaban J connectivity index is 3.17. The zero-order valence-corrected chi connectivity index (χ0v) is 33.9. The number of ether oxygens (including phenoxy) is 2. The Labute approximate surface area is 317 Å². The van der Waals surface area contributed by atoms with Crippen LogP contribution in [0.4, 0.5) is 4.79 Å². The molecule has 0 saturated heterocycles. The average molecular weight is 752 g/mol. The van der Waals surface area contributed by atoms with Crippen LogP contribution in [0.1, 0.15) is 138 Å². The van der Waals surface area contributed by atoms with Gasteiger partial charge in [-0.15, -0.1) is 0 Å². The van der Waals surface area contributed by atoms with Crippen LogP contribution in [0.15, 0.2) is 0 Å². The summed E-state index contributed by atoms with van der Waals surface area (Å²) in [6.45, 7) is 12.8. The average Bonchev–Trinajstić information content (AvgIpc) is 3.20. The lowest BCUT2D eigenvalue weighted by Crippen LogP contribution is -2.58. The lowest BCUT2D eigenvalue weighted by Gasteiger charge is -2.29. The van der Waals surface area contributed by atoms with E-state index in [4.69, 9.17) is 9.47 Å². The highest BCUT2D eigenvalue weighted by Crippen LogP contribution is 2.24. The second kappa shape index (κ2) is 24.6. The third kappa shape index (κ3) is 20.9. The number of carbonyl (C=O) groups is 7. The van der Waals surface area contributed by atoms with Gasteiger partial charge in [-0.05, 0) is 64.7 Å². The van der Waals surface area contributed by atoms with Gasteiger partial charge in [-0.3, -0.25) is 28.8 Å². The number of ketones is 1. The lowest BCUT2D eigenvalue weighted by atomic mass is 9.87. The van der Waals surface area contributed by atoms with Crippen molar-refractivity contribution in [3.63, 3.8) is 0 Å². The van der Waals surface area contributed by atoms with Crippen LogP contribution in [-0.4, -0.2) is 97.3 Å². The van der Waals surface area contributed by atoms with Crippen LogP contribution in [0.25, 0.3) is 0 Å². The summed E-state index contributed by atoms with van der Waals surface area (Å²) in [4.78, 5) is 92.8. The van der Waals surface area contributed by atoms with Crippen molar-refractivity contribution in [3.05, 3.63) is 0 Å². The molecule has 0 aromatic rings. The Morgan fingerprint density at radius 3 is 1.89 bits per heavy atom. The minimum absolute atomic E-state index is 0.0163. The number of carbonyl (C=O) groups excluding carboxylic acids is 7. The smallest absolute Gasteiger partial charge is 0.407 e. The SMILES string of the molecule is CC(C)COC(=O)CC[C@H](NC(=O)CCCC(=O)N(C)C)C(=O)N[C@H](C(=O)N[C@@H](CCNC(=O)OC(C)(C)C)C(=O)C1CCCCCCCC1)C(C)C. The molecule has 0 heterocycles. The van der Waals surface area contributed by atoms with Crippen molar-refractivity contribution in [3.8, 4) is 0 Å². The molecule has 53 heavy (non-hydrogen) atoms. The summed E-state index contributed by atoms with van der Waals surface area (Å²) in [6.07, 6.45) is 7.32. The van der Waals surface area contributed by atoms with Crippen molar-refractivity contribution in [1.29, 1.82) is 0 Å². The van der Waals surface area contributed by atoms with E-state index in [1.54, 1.807) is 48.7 Å².